The van der Waals surface area contributed by atoms with Crippen LogP contribution in [0.25, 0.3) is 11.4 Å². The highest BCUT2D eigenvalue weighted by molar-refractivity contribution is 6.31. The molecule has 1 aromatic carbocycles. The van der Waals surface area contributed by atoms with Crippen molar-refractivity contribution >= 4 is 23.2 Å². The van der Waals surface area contributed by atoms with Crippen molar-refractivity contribution in [1.29, 1.82) is 0 Å². The van der Waals surface area contributed by atoms with E-state index < -0.39 is 6.67 Å². The Kier molecular flexibility index (Phi) is 6.69. The van der Waals surface area contributed by atoms with Gasteiger partial charge >= 0.3 is 0 Å². The van der Waals surface area contributed by atoms with Crippen LogP contribution in [0.2, 0.25) is 5.02 Å². The molecule has 1 saturated heterocycles. The van der Waals surface area contributed by atoms with Crippen molar-refractivity contribution < 1.29 is 4.39 Å². The molecule has 4 heterocycles. The molecule has 8 heteroatoms. The highest BCUT2D eigenvalue weighted by atomic mass is 35.5. The van der Waals surface area contributed by atoms with Gasteiger partial charge in [0.15, 0.2) is 11.6 Å². The number of pyridine rings is 1. The standard InChI is InChI=1S/C25H28ClFN6/c26-21-4-2-17(13-27)12-20(21)16-33-11-1-8-29-24-25(33)32-23(15-31-24)22-5-3-19(14-30-22)18-6-9-28-10-7-18/h2-5,12,14-15,18,28H,1,6-11,13,16H2,(H,29,31). The third kappa shape index (κ3) is 4.94. The van der Waals surface area contributed by atoms with E-state index in [0.29, 0.717) is 23.0 Å². The molecule has 0 saturated carbocycles. The van der Waals surface area contributed by atoms with E-state index in [1.165, 1.54) is 5.56 Å². The van der Waals surface area contributed by atoms with Crippen molar-refractivity contribution in [2.24, 2.45) is 0 Å². The van der Waals surface area contributed by atoms with E-state index in [0.717, 1.165) is 74.0 Å². The van der Waals surface area contributed by atoms with Gasteiger partial charge < -0.3 is 15.5 Å². The number of nitrogens with one attached hydrogen (secondary N) is 2. The first kappa shape index (κ1) is 22.0. The minimum Gasteiger partial charge on any atom is -0.367 e. The van der Waals surface area contributed by atoms with Gasteiger partial charge in [-0.15, -0.1) is 0 Å². The van der Waals surface area contributed by atoms with E-state index in [1.54, 1.807) is 18.3 Å². The molecule has 172 valence electrons. The second-order valence-electron chi connectivity index (χ2n) is 8.69. The van der Waals surface area contributed by atoms with E-state index in [2.05, 4.69) is 26.6 Å². The fraction of sp³-hybridized carbons (Fsp3) is 0.400. The van der Waals surface area contributed by atoms with Crippen molar-refractivity contribution in [1.82, 2.24) is 20.3 Å². The molecular formula is C25H28ClFN6. The van der Waals surface area contributed by atoms with E-state index in [4.69, 9.17) is 21.6 Å². The third-order valence-corrected chi connectivity index (χ3v) is 6.80. The lowest BCUT2D eigenvalue weighted by molar-refractivity contribution is 0.459. The number of nitrogens with zero attached hydrogens (tertiary/aromatic N) is 4. The summed E-state index contributed by atoms with van der Waals surface area (Å²) in [7, 11) is 0. The van der Waals surface area contributed by atoms with Crippen LogP contribution in [-0.2, 0) is 13.2 Å². The first-order valence-corrected chi connectivity index (χ1v) is 12.0. The summed E-state index contributed by atoms with van der Waals surface area (Å²) in [5, 5.41) is 7.42. The van der Waals surface area contributed by atoms with Crippen LogP contribution in [0.5, 0.6) is 0 Å². The number of aromatic nitrogens is 3. The Hall–Kier alpha value is -2.77. The fourth-order valence-electron chi connectivity index (χ4n) is 4.58. The zero-order chi connectivity index (χ0) is 22.6. The van der Waals surface area contributed by atoms with E-state index in [9.17, 15) is 4.39 Å². The summed E-state index contributed by atoms with van der Waals surface area (Å²) >= 11 is 6.43. The van der Waals surface area contributed by atoms with Crippen LogP contribution in [0.4, 0.5) is 16.0 Å². The van der Waals surface area contributed by atoms with Gasteiger partial charge in [-0.3, -0.25) is 4.98 Å². The number of piperidine rings is 1. The lowest BCUT2D eigenvalue weighted by Gasteiger charge is -2.24. The molecule has 2 aliphatic heterocycles. The average Bonchev–Trinajstić information content (AvgIpc) is 3.07. The van der Waals surface area contributed by atoms with E-state index in [-0.39, 0.29) is 0 Å². The number of fused-ring (bicyclic) bond motifs is 1. The molecule has 1 fully saturated rings. The largest absolute Gasteiger partial charge is 0.367 e. The molecule has 0 atom stereocenters. The Morgan fingerprint density at radius 3 is 2.70 bits per heavy atom. The highest BCUT2D eigenvalue weighted by Crippen LogP contribution is 2.31. The summed E-state index contributed by atoms with van der Waals surface area (Å²) in [6, 6.07) is 9.53. The summed E-state index contributed by atoms with van der Waals surface area (Å²) in [6.07, 6.45) is 6.99. The number of anilines is 2. The quantitative estimate of drug-likeness (QED) is 0.554. The van der Waals surface area contributed by atoms with Crippen LogP contribution in [0.1, 0.15) is 41.9 Å². The summed E-state index contributed by atoms with van der Waals surface area (Å²) in [5.74, 6) is 2.09. The minimum atomic E-state index is -0.509. The monoisotopic (exact) mass is 466 g/mol. The van der Waals surface area contributed by atoms with Gasteiger partial charge in [-0.05, 0) is 73.2 Å². The van der Waals surface area contributed by atoms with Gasteiger partial charge in [-0.25, -0.2) is 14.4 Å². The molecule has 0 unspecified atom stereocenters. The maximum Gasteiger partial charge on any atom is 0.172 e. The molecular weight excluding hydrogens is 439 g/mol. The van der Waals surface area contributed by atoms with Gasteiger partial charge in [0.1, 0.15) is 12.4 Å². The van der Waals surface area contributed by atoms with Gasteiger partial charge in [0.25, 0.3) is 0 Å². The van der Waals surface area contributed by atoms with Crippen LogP contribution in [0.3, 0.4) is 0 Å². The lowest BCUT2D eigenvalue weighted by Crippen LogP contribution is -2.26. The third-order valence-electron chi connectivity index (χ3n) is 6.44. The Labute approximate surface area is 198 Å². The molecule has 0 bridgehead atoms. The molecule has 0 radical (unpaired) electrons. The summed E-state index contributed by atoms with van der Waals surface area (Å²) in [4.78, 5) is 16.5. The van der Waals surface area contributed by atoms with E-state index in [1.807, 2.05) is 18.3 Å². The Morgan fingerprint density at radius 2 is 1.91 bits per heavy atom. The second-order valence-corrected chi connectivity index (χ2v) is 9.10. The number of halogens is 2. The number of hydrogen-bond donors (Lipinski definition) is 2. The summed E-state index contributed by atoms with van der Waals surface area (Å²) in [5.41, 5.74) is 4.35. The zero-order valence-electron chi connectivity index (χ0n) is 18.5. The molecule has 0 amide bonds. The van der Waals surface area contributed by atoms with Crippen LogP contribution in [0, 0.1) is 0 Å². The molecule has 2 aromatic heterocycles. The van der Waals surface area contributed by atoms with Crippen LogP contribution < -0.4 is 15.5 Å². The van der Waals surface area contributed by atoms with Crippen LogP contribution >= 0.6 is 11.6 Å². The van der Waals surface area contributed by atoms with Gasteiger partial charge in [0.2, 0.25) is 0 Å². The summed E-state index contributed by atoms with van der Waals surface area (Å²) < 4.78 is 13.2. The zero-order valence-corrected chi connectivity index (χ0v) is 19.3. The fourth-order valence-corrected chi connectivity index (χ4v) is 4.75. The Morgan fingerprint density at radius 1 is 1.03 bits per heavy atom. The molecule has 0 spiro atoms. The summed E-state index contributed by atoms with van der Waals surface area (Å²) in [6.45, 7) is 3.77. The van der Waals surface area contributed by atoms with Gasteiger partial charge in [-0.1, -0.05) is 23.7 Å². The molecule has 2 aliphatic rings. The molecule has 33 heavy (non-hydrogen) atoms. The van der Waals surface area contributed by atoms with E-state index >= 15 is 0 Å². The predicted molar refractivity (Wildman–Crippen MR) is 131 cm³/mol. The maximum atomic E-state index is 13.2. The Balaban J connectivity index is 1.42. The smallest absolute Gasteiger partial charge is 0.172 e. The van der Waals surface area contributed by atoms with Crippen molar-refractivity contribution in [3.05, 3.63) is 64.4 Å². The topological polar surface area (TPSA) is 66.0 Å². The van der Waals surface area contributed by atoms with Gasteiger partial charge in [-0.2, -0.15) is 0 Å². The lowest BCUT2D eigenvalue weighted by atomic mass is 9.91. The van der Waals surface area contributed by atoms with Crippen molar-refractivity contribution in [2.45, 2.75) is 38.4 Å². The predicted octanol–water partition coefficient (Wildman–Crippen LogP) is 4.95. The molecule has 5 rings (SSSR count). The van der Waals surface area contributed by atoms with Crippen LogP contribution in [-0.4, -0.2) is 41.1 Å². The number of rotatable bonds is 5. The van der Waals surface area contributed by atoms with Crippen LogP contribution in [0.15, 0.2) is 42.7 Å². The van der Waals surface area contributed by atoms with Gasteiger partial charge in [0, 0.05) is 30.9 Å². The second kappa shape index (κ2) is 10.0. The average molecular weight is 467 g/mol. The first-order valence-electron chi connectivity index (χ1n) is 11.6. The van der Waals surface area contributed by atoms with Crippen molar-refractivity contribution in [2.75, 3.05) is 36.4 Å². The molecule has 2 N–H and O–H groups in total. The molecule has 3 aromatic rings. The minimum absolute atomic E-state index is 0.509. The number of benzene rings is 1. The normalized spacial score (nSPS) is 16.7. The molecule has 0 aliphatic carbocycles. The van der Waals surface area contributed by atoms with Gasteiger partial charge in [0.05, 0.1) is 11.9 Å². The van der Waals surface area contributed by atoms with Crippen molar-refractivity contribution in [3.63, 3.8) is 0 Å². The maximum absolute atomic E-state index is 13.2. The first-order chi connectivity index (χ1) is 16.2. The number of alkyl halides is 1. The number of hydrogen-bond acceptors (Lipinski definition) is 6. The van der Waals surface area contributed by atoms with Crippen molar-refractivity contribution in [3.8, 4) is 11.4 Å². The molecule has 6 nitrogen and oxygen atoms in total. The highest BCUT2D eigenvalue weighted by Gasteiger charge is 2.21. The Bertz CT molecular complexity index is 1100. The SMILES string of the molecule is FCc1ccc(Cl)c(CN2CCCNc3ncc(-c4ccc(C5CCNCC5)cn4)nc32)c1.